The highest BCUT2D eigenvalue weighted by atomic mass is 79.9. The van der Waals surface area contributed by atoms with Crippen molar-refractivity contribution in [2.75, 3.05) is 0 Å². The Labute approximate surface area is 87.8 Å². The third-order valence-electron chi connectivity index (χ3n) is 1.49. The molecule has 3 nitrogen and oxygen atoms in total. The second-order valence-electron chi connectivity index (χ2n) is 2.31. The van der Waals surface area contributed by atoms with Crippen LogP contribution < -0.4 is 21.5 Å². The largest absolute Gasteiger partial charge is 1.00 e. The number of hydrogen-bond donors (Lipinski definition) is 1. The van der Waals surface area contributed by atoms with Gasteiger partial charge in [-0.15, -0.1) is 0 Å². The molecule has 0 radical (unpaired) electrons. The number of oxime groups is 1. The summed E-state index contributed by atoms with van der Waals surface area (Å²) >= 11 is 0. The van der Waals surface area contributed by atoms with Gasteiger partial charge in [0.05, 0.1) is 0 Å². The quantitative estimate of drug-likeness (QED) is 0.215. The fraction of sp³-hybridized carbons (Fsp3) is 0.111. The molecule has 0 fully saturated rings. The van der Waals surface area contributed by atoms with Crippen LogP contribution in [0.2, 0.25) is 0 Å². The molecule has 1 aromatic rings. The Morgan fingerprint density at radius 1 is 1.54 bits per heavy atom. The number of aromatic nitrogens is 1. The van der Waals surface area contributed by atoms with Gasteiger partial charge in [0.1, 0.15) is 6.21 Å². The van der Waals surface area contributed by atoms with E-state index in [2.05, 4.69) is 11.7 Å². The van der Waals surface area contributed by atoms with Crippen LogP contribution in [0, 0.1) is 0 Å². The third-order valence-corrected chi connectivity index (χ3v) is 1.49. The van der Waals surface area contributed by atoms with Gasteiger partial charge in [0.2, 0.25) is 5.69 Å². The fourth-order valence-corrected chi connectivity index (χ4v) is 0.971. The van der Waals surface area contributed by atoms with Gasteiger partial charge in [-0.05, 0) is 12.1 Å². The molecule has 0 saturated heterocycles. The molecule has 4 heteroatoms. The topological polar surface area (TPSA) is 36.5 Å². The number of nitrogens with zero attached hydrogens (tertiary/aromatic N) is 2. The zero-order chi connectivity index (χ0) is 8.81. The summed E-state index contributed by atoms with van der Waals surface area (Å²) in [5.41, 5.74) is 0.847. The highest BCUT2D eigenvalue weighted by Crippen LogP contribution is 1.87. The van der Waals surface area contributed by atoms with Crippen molar-refractivity contribution in [1.82, 2.24) is 0 Å². The van der Waals surface area contributed by atoms with Gasteiger partial charge in [-0.1, -0.05) is 11.7 Å². The van der Waals surface area contributed by atoms with Crippen LogP contribution in [0.3, 0.4) is 0 Å². The SMILES string of the molecule is C=CC[n+]1ccccc1C=NO.[Br-]. The summed E-state index contributed by atoms with van der Waals surface area (Å²) in [6.07, 6.45) is 5.08. The van der Waals surface area contributed by atoms with Gasteiger partial charge in [0.25, 0.3) is 0 Å². The van der Waals surface area contributed by atoms with Crippen molar-refractivity contribution in [2.24, 2.45) is 5.16 Å². The van der Waals surface area contributed by atoms with Crippen molar-refractivity contribution in [2.45, 2.75) is 6.54 Å². The molecular formula is C9H11BrN2O. The van der Waals surface area contributed by atoms with Crippen molar-refractivity contribution in [3.05, 3.63) is 42.7 Å². The van der Waals surface area contributed by atoms with Gasteiger partial charge in [-0.2, -0.15) is 4.57 Å². The summed E-state index contributed by atoms with van der Waals surface area (Å²) in [6.45, 7) is 4.34. The zero-order valence-corrected chi connectivity index (χ0v) is 8.68. The van der Waals surface area contributed by atoms with Crippen molar-refractivity contribution >= 4 is 6.21 Å². The number of allylic oxidation sites excluding steroid dienone is 1. The number of halogens is 1. The Balaban J connectivity index is 0.00000144. The Morgan fingerprint density at radius 3 is 2.92 bits per heavy atom. The van der Waals surface area contributed by atoms with Crippen LogP contribution >= 0.6 is 0 Å². The highest BCUT2D eigenvalue weighted by Gasteiger charge is 2.03. The second-order valence-corrected chi connectivity index (χ2v) is 2.31. The van der Waals surface area contributed by atoms with Gasteiger partial charge in [0.15, 0.2) is 12.7 Å². The monoisotopic (exact) mass is 242 g/mol. The van der Waals surface area contributed by atoms with Crippen LogP contribution in [0.5, 0.6) is 0 Å². The normalized spacial score (nSPS) is 9.54. The number of hydrogen-bond acceptors (Lipinski definition) is 2. The highest BCUT2D eigenvalue weighted by molar-refractivity contribution is 5.74. The van der Waals surface area contributed by atoms with E-state index in [1.807, 2.05) is 29.0 Å². The summed E-state index contributed by atoms with van der Waals surface area (Å²) in [5.74, 6) is 0. The maximum absolute atomic E-state index is 8.34. The number of pyridine rings is 1. The van der Waals surface area contributed by atoms with E-state index in [0.717, 1.165) is 5.69 Å². The molecule has 1 aromatic heterocycles. The van der Waals surface area contributed by atoms with Gasteiger partial charge in [-0.25, -0.2) is 0 Å². The molecule has 0 aromatic carbocycles. The predicted molar refractivity (Wildman–Crippen MR) is 46.2 cm³/mol. The molecule has 0 atom stereocenters. The molecule has 0 aliphatic heterocycles. The molecule has 0 spiro atoms. The third kappa shape index (κ3) is 3.38. The standard InChI is InChI=1S/C9H10N2O.BrH/c1-2-6-11-7-4-3-5-9(11)8-10-12;/h2-5,7-8H,1,6H2;1H. The average molecular weight is 243 g/mol. The first kappa shape index (κ1) is 11.8. The summed E-state index contributed by atoms with van der Waals surface area (Å²) in [5, 5.41) is 11.3. The minimum Gasteiger partial charge on any atom is -1.00 e. The summed E-state index contributed by atoms with van der Waals surface area (Å²) in [7, 11) is 0. The molecule has 0 unspecified atom stereocenters. The molecule has 1 N–H and O–H groups in total. The van der Waals surface area contributed by atoms with Crippen LogP contribution in [0.25, 0.3) is 0 Å². The van der Waals surface area contributed by atoms with Crippen molar-refractivity contribution in [1.29, 1.82) is 0 Å². The van der Waals surface area contributed by atoms with Gasteiger partial charge in [0, 0.05) is 12.1 Å². The Morgan fingerprint density at radius 2 is 2.31 bits per heavy atom. The van der Waals surface area contributed by atoms with Crippen molar-refractivity contribution in [3.63, 3.8) is 0 Å². The van der Waals surface area contributed by atoms with E-state index in [4.69, 9.17) is 5.21 Å². The van der Waals surface area contributed by atoms with Crippen molar-refractivity contribution < 1.29 is 26.8 Å². The smallest absolute Gasteiger partial charge is 0.227 e. The summed E-state index contributed by atoms with van der Waals surface area (Å²) in [4.78, 5) is 0. The van der Waals surface area contributed by atoms with E-state index in [1.165, 1.54) is 6.21 Å². The maximum Gasteiger partial charge on any atom is 0.227 e. The lowest BCUT2D eigenvalue weighted by Crippen LogP contribution is -3.00. The van der Waals surface area contributed by atoms with Crippen LogP contribution in [-0.2, 0) is 6.54 Å². The first-order chi connectivity index (χ1) is 5.88. The summed E-state index contributed by atoms with van der Waals surface area (Å²) < 4.78 is 1.92. The van der Waals surface area contributed by atoms with Gasteiger partial charge >= 0.3 is 0 Å². The minimum absolute atomic E-state index is 0. The van der Waals surface area contributed by atoms with Crippen LogP contribution in [-0.4, -0.2) is 11.4 Å². The first-order valence-corrected chi connectivity index (χ1v) is 3.65. The van der Waals surface area contributed by atoms with Crippen LogP contribution in [0.4, 0.5) is 0 Å². The number of rotatable bonds is 3. The maximum atomic E-state index is 8.34. The lowest BCUT2D eigenvalue weighted by molar-refractivity contribution is -0.687. The Bertz CT molecular complexity index is 299. The molecule has 70 valence electrons. The molecule has 1 rings (SSSR count). The van der Waals surface area contributed by atoms with E-state index in [1.54, 1.807) is 6.08 Å². The molecule has 0 amide bonds. The van der Waals surface area contributed by atoms with Gasteiger partial charge in [-0.3, -0.25) is 0 Å². The molecule has 0 bridgehead atoms. The van der Waals surface area contributed by atoms with E-state index in [9.17, 15) is 0 Å². The molecular weight excluding hydrogens is 232 g/mol. The molecule has 0 aliphatic carbocycles. The van der Waals surface area contributed by atoms with Crippen molar-refractivity contribution in [3.8, 4) is 0 Å². The van der Waals surface area contributed by atoms with E-state index >= 15 is 0 Å². The lowest BCUT2D eigenvalue weighted by atomic mass is 10.3. The van der Waals surface area contributed by atoms with Gasteiger partial charge < -0.3 is 22.2 Å². The van der Waals surface area contributed by atoms with Crippen LogP contribution in [0.15, 0.2) is 42.2 Å². The first-order valence-electron chi connectivity index (χ1n) is 3.65. The molecule has 1 heterocycles. The van der Waals surface area contributed by atoms with E-state index < -0.39 is 0 Å². The Kier molecular flexibility index (Phi) is 5.80. The van der Waals surface area contributed by atoms with Crippen LogP contribution in [0.1, 0.15) is 5.69 Å². The minimum atomic E-state index is 0. The zero-order valence-electron chi connectivity index (χ0n) is 7.10. The predicted octanol–water partition coefficient (Wildman–Crippen LogP) is -2.03. The second kappa shape index (κ2) is 6.37. The Hall–Kier alpha value is -1.16. The fourth-order valence-electron chi connectivity index (χ4n) is 0.971. The molecule has 0 aliphatic rings. The lowest BCUT2D eigenvalue weighted by Gasteiger charge is -1.94. The molecule has 0 saturated carbocycles. The molecule has 13 heavy (non-hydrogen) atoms. The average Bonchev–Trinajstić information content (AvgIpc) is 2.09. The van der Waals surface area contributed by atoms with E-state index in [-0.39, 0.29) is 17.0 Å². The summed E-state index contributed by atoms with van der Waals surface area (Å²) in [6, 6.07) is 5.66. The van der Waals surface area contributed by atoms with E-state index in [0.29, 0.717) is 6.54 Å².